The van der Waals surface area contributed by atoms with Gasteiger partial charge in [-0.2, -0.15) is 13.2 Å². The molecule has 0 fully saturated rings. The van der Waals surface area contributed by atoms with Crippen molar-refractivity contribution in [3.05, 3.63) is 64.2 Å². The van der Waals surface area contributed by atoms with Gasteiger partial charge in [-0.05, 0) is 49.2 Å². The number of nitrogens with one attached hydrogen (secondary N) is 1. The lowest BCUT2D eigenvalue weighted by Gasteiger charge is -2.10. The molecule has 4 nitrogen and oxygen atoms in total. The highest BCUT2D eigenvalue weighted by atomic mass is 32.2. The Kier molecular flexibility index (Phi) is 6.48. The number of aromatic nitrogens is 1. The Labute approximate surface area is 191 Å². The molecule has 0 saturated carbocycles. The SMILES string of the molecule is Cc1nc(-c2ccc(C(F)(F)F)cc2)sc1CSc1ccc2c(c1)C(CCC(=O)O)CN2. The largest absolute Gasteiger partial charge is 0.481 e. The number of rotatable bonds is 7. The molecule has 0 spiro atoms. The Bertz CT molecular complexity index is 1130. The zero-order chi connectivity index (χ0) is 22.9. The molecule has 0 saturated heterocycles. The second-order valence-corrected chi connectivity index (χ2v) is 9.78. The second kappa shape index (κ2) is 9.15. The number of carboxylic acids is 1. The summed E-state index contributed by atoms with van der Waals surface area (Å²) >= 11 is 3.16. The van der Waals surface area contributed by atoms with Crippen LogP contribution < -0.4 is 5.32 Å². The van der Waals surface area contributed by atoms with Crippen LogP contribution in [0.25, 0.3) is 10.6 Å². The lowest BCUT2D eigenvalue weighted by molar-refractivity contribution is -0.138. The van der Waals surface area contributed by atoms with Crippen LogP contribution in [0.15, 0.2) is 47.4 Å². The summed E-state index contributed by atoms with van der Waals surface area (Å²) in [6, 6.07) is 11.3. The topological polar surface area (TPSA) is 62.2 Å². The van der Waals surface area contributed by atoms with E-state index in [9.17, 15) is 18.0 Å². The van der Waals surface area contributed by atoms with E-state index in [0.29, 0.717) is 22.7 Å². The number of carboxylic acid groups (broad SMARTS) is 1. The molecule has 0 radical (unpaired) electrons. The fourth-order valence-electron chi connectivity index (χ4n) is 3.66. The summed E-state index contributed by atoms with van der Waals surface area (Å²) in [5.41, 5.74) is 3.09. The molecule has 1 unspecified atom stereocenters. The number of anilines is 1. The van der Waals surface area contributed by atoms with Crippen LogP contribution in [-0.4, -0.2) is 22.6 Å². The van der Waals surface area contributed by atoms with Gasteiger partial charge < -0.3 is 10.4 Å². The lowest BCUT2D eigenvalue weighted by Crippen LogP contribution is -2.05. The summed E-state index contributed by atoms with van der Waals surface area (Å²) in [5.74, 6) is 0.113. The number of fused-ring (bicyclic) bond motifs is 1. The van der Waals surface area contributed by atoms with Crippen molar-refractivity contribution < 1.29 is 23.1 Å². The molecule has 1 aliphatic heterocycles. The van der Waals surface area contributed by atoms with Gasteiger partial charge in [0.15, 0.2) is 0 Å². The quantitative estimate of drug-likeness (QED) is 0.366. The van der Waals surface area contributed by atoms with Crippen molar-refractivity contribution in [2.24, 2.45) is 0 Å². The molecule has 1 atom stereocenters. The van der Waals surface area contributed by atoms with Crippen LogP contribution in [0.4, 0.5) is 18.9 Å². The van der Waals surface area contributed by atoms with E-state index in [1.807, 2.05) is 19.1 Å². The van der Waals surface area contributed by atoms with E-state index in [-0.39, 0.29) is 12.3 Å². The summed E-state index contributed by atoms with van der Waals surface area (Å²) in [6.45, 7) is 2.66. The molecule has 168 valence electrons. The van der Waals surface area contributed by atoms with Gasteiger partial charge in [-0.25, -0.2) is 4.98 Å². The number of halogens is 3. The lowest BCUT2D eigenvalue weighted by atomic mass is 9.96. The number of aliphatic carboxylic acids is 1. The minimum absolute atomic E-state index is 0.149. The highest BCUT2D eigenvalue weighted by Crippen LogP contribution is 2.39. The number of alkyl halides is 3. The number of carbonyl (C=O) groups is 1. The molecule has 4 rings (SSSR count). The number of aryl methyl sites for hydroxylation is 1. The van der Waals surface area contributed by atoms with Crippen LogP contribution in [0.1, 0.15) is 40.5 Å². The molecule has 0 aliphatic carbocycles. The molecule has 9 heteroatoms. The Morgan fingerprint density at radius 1 is 1.25 bits per heavy atom. The van der Waals surface area contributed by atoms with Crippen LogP contribution in [0.5, 0.6) is 0 Å². The van der Waals surface area contributed by atoms with E-state index in [2.05, 4.69) is 16.4 Å². The fourth-order valence-corrected chi connectivity index (χ4v) is 5.82. The second-order valence-electron chi connectivity index (χ2n) is 7.65. The Morgan fingerprint density at radius 3 is 2.69 bits per heavy atom. The molecule has 2 N–H and O–H groups in total. The monoisotopic (exact) mass is 478 g/mol. The maximum absolute atomic E-state index is 12.8. The van der Waals surface area contributed by atoms with Crippen LogP contribution in [-0.2, 0) is 16.7 Å². The van der Waals surface area contributed by atoms with Gasteiger partial charge in [-0.1, -0.05) is 12.1 Å². The van der Waals surface area contributed by atoms with Crippen molar-refractivity contribution in [1.29, 1.82) is 0 Å². The first kappa shape index (κ1) is 22.7. The van der Waals surface area contributed by atoms with E-state index < -0.39 is 17.7 Å². The third-order valence-corrected chi connectivity index (χ3v) is 7.84. The molecule has 2 heterocycles. The first-order valence-corrected chi connectivity index (χ1v) is 11.9. The molecule has 3 aromatic rings. The average molecular weight is 479 g/mol. The number of benzene rings is 2. The van der Waals surface area contributed by atoms with Crippen LogP contribution in [0.3, 0.4) is 0 Å². The third-order valence-electron chi connectivity index (χ3n) is 5.43. The van der Waals surface area contributed by atoms with Crippen LogP contribution >= 0.6 is 23.1 Å². The van der Waals surface area contributed by atoms with E-state index in [1.165, 1.54) is 23.5 Å². The third kappa shape index (κ3) is 5.10. The molecular formula is C23H21F3N2O2S2. The number of thioether (sulfide) groups is 1. The number of thiazole rings is 1. The minimum Gasteiger partial charge on any atom is -0.481 e. The average Bonchev–Trinajstić information content (AvgIpc) is 3.33. The first-order valence-electron chi connectivity index (χ1n) is 10.1. The highest BCUT2D eigenvalue weighted by Gasteiger charge is 2.30. The van der Waals surface area contributed by atoms with E-state index in [1.54, 1.807) is 11.8 Å². The number of hydrogen-bond donors (Lipinski definition) is 2. The van der Waals surface area contributed by atoms with Gasteiger partial charge in [0, 0.05) is 45.7 Å². The number of nitrogens with zero attached hydrogens (tertiary/aromatic N) is 1. The molecule has 1 aliphatic rings. The van der Waals surface area contributed by atoms with Crippen molar-refractivity contribution in [2.75, 3.05) is 11.9 Å². The molecular weight excluding hydrogens is 457 g/mol. The van der Waals surface area contributed by atoms with Crippen molar-refractivity contribution in [1.82, 2.24) is 4.98 Å². The Hall–Kier alpha value is -2.52. The van der Waals surface area contributed by atoms with Gasteiger partial charge in [0.1, 0.15) is 5.01 Å². The maximum Gasteiger partial charge on any atom is 0.416 e. The van der Waals surface area contributed by atoms with Gasteiger partial charge in [0.25, 0.3) is 0 Å². The van der Waals surface area contributed by atoms with Gasteiger partial charge in [0.2, 0.25) is 0 Å². The molecule has 32 heavy (non-hydrogen) atoms. The predicted molar refractivity (Wildman–Crippen MR) is 121 cm³/mol. The zero-order valence-corrected chi connectivity index (χ0v) is 18.8. The molecule has 0 bridgehead atoms. The van der Waals surface area contributed by atoms with Crippen molar-refractivity contribution in [2.45, 2.75) is 42.5 Å². The van der Waals surface area contributed by atoms with E-state index in [0.717, 1.165) is 45.4 Å². The molecule has 1 aromatic heterocycles. The normalized spacial score (nSPS) is 15.4. The summed E-state index contributed by atoms with van der Waals surface area (Å²) in [4.78, 5) is 17.6. The van der Waals surface area contributed by atoms with Crippen LogP contribution in [0.2, 0.25) is 0 Å². The summed E-state index contributed by atoms with van der Waals surface area (Å²) < 4.78 is 38.4. The highest BCUT2D eigenvalue weighted by molar-refractivity contribution is 7.98. The van der Waals surface area contributed by atoms with Crippen molar-refractivity contribution in [3.63, 3.8) is 0 Å². The maximum atomic E-state index is 12.8. The van der Waals surface area contributed by atoms with E-state index >= 15 is 0 Å². The molecule has 2 aromatic carbocycles. The summed E-state index contributed by atoms with van der Waals surface area (Å²) in [7, 11) is 0. The Balaban J connectivity index is 1.44. The first-order chi connectivity index (χ1) is 15.2. The minimum atomic E-state index is -4.35. The zero-order valence-electron chi connectivity index (χ0n) is 17.2. The molecule has 0 amide bonds. The standard InChI is InChI=1S/C23H21F3N2O2S2/c1-13-20(32-22(28-13)14-2-5-16(6-3-14)23(24,25)26)12-31-17-7-8-19-18(10-17)15(11-27-19)4-9-21(29)30/h2-3,5-8,10,15,27H,4,9,11-12H2,1H3,(H,29,30). The fraction of sp³-hybridized carbons (Fsp3) is 0.304. The summed E-state index contributed by atoms with van der Waals surface area (Å²) in [5, 5.41) is 13.0. The Morgan fingerprint density at radius 2 is 2.00 bits per heavy atom. The van der Waals surface area contributed by atoms with Gasteiger partial charge in [-0.15, -0.1) is 23.1 Å². The number of hydrogen-bond acceptors (Lipinski definition) is 5. The smallest absolute Gasteiger partial charge is 0.416 e. The van der Waals surface area contributed by atoms with Gasteiger partial charge >= 0.3 is 12.1 Å². The van der Waals surface area contributed by atoms with Crippen molar-refractivity contribution in [3.8, 4) is 10.6 Å². The van der Waals surface area contributed by atoms with Crippen LogP contribution in [0, 0.1) is 6.92 Å². The van der Waals surface area contributed by atoms with Gasteiger partial charge in [-0.3, -0.25) is 4.79 Å². The van der Waals surface area contributed by atoms with Gasteiger partial charge in [0.05, 0.1) is 11.3 Å². The van der Waals surface area contributed by atoms with E-state index in [4.69, 9.17) is 5.11 Å². The van der Waals surface area contributed by atoms with Crippen molar-refractivity contribution >= 4 is 34.8 Å². The summed E-state index contributed by atoms with van der Waals surface area (Å²) in [6.07, 6.45) is -3.60. The predicted octanol–water partition coefficient (Wildman–Crippen LogP) is 6.80.